The smallest absolute Gasteiger partial charge is 0.264 e. The number of benzene rings is 3. The second-order valence-corrected chi connectivity index (χ2v) is 11.5. The number of anilines is 1. The van der Waals surface area contributed by atoms with Crippen molar-refractivity contribution < 1.29 is 13.2 Å². The number of amides is 1. The van der Waals surface area contributed by atoms with E-state index >= 15 is 0 Å². The highest BCUT2D eigenvalue weighted by atomic mass is 32.2. The summed E-state index contributed by atoms with van der Waals surface area (Å²) in [5, 5.41) is 0.876. The molecule has 2 heterocycles. The normalized spacial score (nSPS) is 13.6. The van der Waals surface area contributed by atoms with Crippen LogP contribution in [-0.2, 0) is 23.0 Å². The van der Waals surface area contributed by atoms with Gasteiger partial charge in [-0.05, 0) is 73.2 Å². The van der Waals surface area contributed by atoms with E-state index in [4.69, 9.17) is 0 Å². The maximum atomic E-state index is 13.3. The van der Waals surface area contributed by atoms with Crippen LogP contribution in [0.4, 0.5) is 5.69 Å². The number of fused-ring (bicyclic) bond motifs is 2. The predicted octanol–water partition coefficient (Wildman–Crippen LogP) is 5.62. The summed E-state index contributed by atoms with van der Waals surface area (Å²) in [4.78, 5) is 16.1. The van der Waals surface area contributed by atoms with E-state index in [-0.39, 0.29) is 10.8 Å². The van der Waals surface area contributed by atoms with E-state index in [1.54, 1.807) is 24.3 Å². The molecule has 174 valence electrons. The third-order valence-electron chi connectivity index (χ3n) is 6.31. The largest absolute Gasteiger partial charge is 0.333 e. The summed E-state index contributed by atoms with van der Waals surface area (Å²) in [6, 6.07) is 22.6. The van der Waals surface area contributed by atoms with Gasteiger partial charge in [0.15, 0.2) is 0 Å². The van der Waals surface area contributed by atoms with Gasteiger partial charge in [-0.3, -0.25) is 9.10 Å². The zero-order chi connectivity index (χ0) is 23.9. The van der Waals surface area contributed by atoms with Crippen molar-refractivity contribution in [3.63, 3.8) is 0 Å². The first-order valence-corrected chi connectivity index (χ1v) is 13.6. The van der Waals surface area contributed by atoms with Crippen molar-refractivity contribution in [2.45, 2.75) is 31.7 Å². The topological polar surface area (TPSA) is 57.7 Å². The van der Waals surface area contributed by atoms with Crippen molar-refractivity contribution in [2.75, 3.05) is 17.4 Å². The molecular weight excluding hydrogens is 464 g/mol. The van der Waals surface area contributed by atoms with Gasteiger partial charge in [-0.1, -0.05) is 42.0 Å². The van der Waals surface area contributed by atoms with E-state index in [0.29, 0.717) is 30.2 Å². The summed E-state index contributed by atoms with van der Waals surface area (Å²) in [6.45, 7) is 5.39. The third kappa shape index (κ3) is 4.10. The molecule has 1 aromatic heterocycles. The minimum absolute atomic E-state index is 0.0249. The van der Waals surface area contributed by atoms with Crippen molar-refractivity contribution in [1.82, 2.24) is 4.90 Å². The number of nitrogens with zero attached hydrogens (tertiary/aromatic N) is 2. The van der Waals surface area contributed by atoms with Crippen molar-refractivity contribution in [3.8, 4) is 0 Å². The lowest BCUT2D eigenvalue weighted by atomic mass is 10.00. The first-order chi connectivity index (χ1) is 16.4. The van der Waals surface area contributed by atoms with Crippen molar-refractivity contribution in [1.29, 1.82) is 0 Å². The molecule has 5 nitrogen and oxygen atoms in total. The Morgan fingerprint density at radius 2 is 1.74 bits per heavy atom. The molecule has 0 atom stereocenters. The summed E-state index contributed by atoms with van der Waals surface area (Å²) in [5.41, 5.74) is 4.11. The lowest BCUT2D eigenvalue weighted by molar-refractivity contribution is 0.0739. The van der Waals surface area contributed by atoms with Crippen LogP contribution < -0.4 is 4.31 Å². The Morgan fingerprint density at radius 1 is 1.00 bits per heavy atom. The molecule has 5 rings (SSSR count). The highest BCUT2D eigenvalue weighted by Gasteiger charge is 2.25. The van der Waals surface area contributed by atoms with E-state index < -0.39 is 10.0 Å². The van der Waals surface area contributed by atoms with Crippen LogP contribution in [0.2, 0.25) is 0 Å². The van der Waals surface area contributed by atoms with Gasteiger partial charge in [-0.15, -0.1) is 11.3 Å². The van der Waals surface area contributed by atoms with E-state index in [2.05, 4.69) is 12.1 Å². The molecule has 0 spiro atoms. The average molecular weight is 491 g/mol. The lowest BCUT2D eigenvalue weighted by Gasteiger charge is -2.28. The van der Waals surface area contributed by atoms with Crippen LogP contribution in [0.5, 0.6) is 0 Å². The molecule has 1 amide bonds. The molecule has 0 unspecified atom stereocenters. The molecule has 0 saturated carbocycles. The van der Waals surface area contributed by atoms with Crippen LogP contribution in [-0.4, -0.2) is 32.3 Å². The van der Waals surface area contributed by atoms with Crippen LogP contribution in [0.15, 0.2) is 77.7 Å². The first-order valence-electron chi connectivity index (χ1n) is 11.4. The van der Waals surface area contributed by atoms with Gasteiger partial charge in [0.05, 0.1) is 15.5 Å². The van der Waals surface area contributed by atoms with Crippen molar-refractivity contribution in [3.05, 3.63) is 94.4 Å². The number of carbonyl (C=O) groups excluding carboxylic acids is 1. The maximum Gasteiger partial charge on any atom is 0.264 e. The fraction of sp³-hybridized carbons (Fsp3) is 0.222. The van der Waals surface area contributed by atoms with Gasteiger partial charge in [-0.2, -0.15) is 0 Å². The van der Waals surface area contributed by atoms with E-state index in [1.807, 2.05) is 55.1 Å². The molecule has 0 aliphatic carbocycles. The molecule has 4 aromatic rings. The van der Waals surface area contributed by atoms with Gasteiger partial charge in [0, 0.05) is 24.3 Å². The van der Waals surface area contributed by atoms with E-state index in [1.165, 1.54) is 26.8 Å². The summed E-state index contributed by atoms with van der Waals surface area (Å²) in [5.74, 6) is 0.0249. The molecule has 0 N–H and O–H groups in total. The fourth-order valence-corrected chi connectivity index (χ4v) is 6.92. The Kier molecular flexibility index (Phi) is 5.91. The standard InChI is InChI=1S/C27H26N2O3S2/c1-3-29(34(31,32)24-11-8-19(2)9-12-24)23-10-13-25-22(16-23)17-26(33-25)27(30)28-15-14-20-6-4-5-7-21(20)18-28/h4-13,16-17H,3,14-15,18H2,1-2H3. The molecule has 7 heteroatoms. The van der Waals surface area contributed by atoms with E-state index in [0.717, 1.165) is 22.1 Å². The van der Waals surface area contributed by atoms with Gasteiger partial charge in [0.2, 0.25) is 0 Å². The molecule has 1 aliphatic heterocycles. The van der Waals surface area contributed by atoms with Gasteiger partial charge in [0.25, 0.3) is 15.9 Å². The Balaban J connectivity index is 1.43. The second kappa shape index (κ2) is 8.89. The monoisotopic (exact) mass is 490 g/mol. The number of hydrogen-bond acceptors (Lipinski definition) is 4. The number of hydrogen-bond donors (Lipinski definition) is 0. The maximum absolute atomic E-state index is 13.3. The number of rotatable bonds is 5. The Labute approximate surface area is 204 Å². The van der Waals surface area contributed by atoms with Crippen LogP contribution in [0.1, 0.15) is 33.3 Å². The van der Waals surface area contributed by atoms with Crippen molar-refractivity contribution >= 4 is 43.0 Å². The molecular formula is C27H26N2O3S2. The highest BCUT2D eigenvalue weighted by molar-refractivity contribution is 7.92. The van der Waals surface area contributed by atoms with Gasteiger partial charge < -0.3 is 4.90 Å². The van der Waals surface area contributed by atoms with Gasteiger partial charge >= 0.3 is 0 Å². The van der Waals surface area contributed by atoms with E-state index in [9.17, 15) is 13.2 Å². The number of sulfonamides is 1. The molecule has 0 saturated heterocycles. The Morgan fingerprint density at radius 3 is 2.47 bits per heavy atom. The summed E-state index contributed by atoms with van der Waals surface area (Å²) < 4.78 is 29.0. The lowest BCUT2D eigenvalue weighted by Crippen LogP contribution is -2.35. The van der Waals surface area contributed by atoms with Crippen LogP contribution in [0, 0.1) is 6.92 Å². The molecule has 0 bridgehead atoms. The van der Waals surface area contributed by atoms with Crippen molar-refractivity contribution in [2.24, 2.45) is 0 Å². The summed E-state index contributed by atoms with van der Waals surface area (Å²) in [7, 11) is -3.68. The molecule has 0 fully saturated rings. The Hall–Kier alpha value is -3.16. The number of thiophene rings is 1. The highest BCUT2D eigenvalue weighted by Crippen LogP contribution is 2.33. The zero-order valence-electron chi connectivity index (χ0n) is 19.2. The molecule has 0 radical (unpaired) electrons. The molecule has 1 aliphatic rings. The summed E-state index contributed by atoms with van der Waals surface area (Å²) >= 11 is 1.45. The van der Waals surface area contributed by atoms with Crippen LogP contribution in [0.25, 0.3) is 10.1 Å². The predicted molar refractivity (Wildman–Crippen MR) is 138 cm³/mol. The number of carbonyl (C=O) groups is 1. The molecule has 3 aromatic carbocycles. The first kappa shape index (κ1) is 22.6. The van der Waals surface area contributed by atoms with Gasteiger partial charge in [-0.25, -0.2) is 8.42 Å². The fourth-order valence-electron chi connectivity index (χ4n) is 4.44. The van der Waals surface area contributed by atoms with Crippen LogP contribution >= 0.6 is 11.3 Å². The SMILES string of the molecule is CCN(c1ccc2sc(C(=O)N3CCc4ccccc4C3)cc2c1)S(=O)(=O)c1ccc(C)cc1. The minimum Gasteiger partial charge on any atom is -0.333 e. The Bertz CT molecular complexity index is 1470. The van der Waals surface area contributed by atoms with Gasteiger partial charge in [0.1, 0.15) is 0 Å². The minimum atomic E-state index is -3.68. The quantitative estimate of drug-likeness (QED) is 0.365. The third-order valence-corrected chi connectivity index (χ3v) is 9.33. The van der Waals surface area contributed by atoms with Crippen LogP contribution in [0.3, 0.4) is 0 Å². The summed E-state index contributed by atoms with van der Waals surface area (Å²) in [6.07, 6.45) is 0.860. The zero-order valence-corrected chi connectivity index (χ0v) is 20.8. The molecule has 34 heavy (non-hydrogen) atoms. The average Bonchev–Trinajstić information content (AvgIpc) is 3.27. The second-order valence-electron chi connectivity index (χ2n) is 8.56. The number of aryl methyl sites for hydroxylation is 1.